The molecule has 0 aliphatic carbocycles. The molecule has 1 aliphatic rings. The molecule has 0 atom stereocenters. The van der Waals surface area contributed by atoms with E-state index >= 15 is 0 Å². The van der Waals surface area contributed by atoms with E-state index in [1.165, 1.54) is 4.88 Å². The lowest BCUT2D eigenvalue weighted by atomic mass is 10.2. The highest BCUT2D eigenvalue weighted by Gasteiger charge is 2.26. The predicted octanol–water partition coefficient (Wildman–Crippen LogP) is 3.15. The van der Waals surface area contributed by atoms with Gasteiger partial charge in [0.05, 0.1) is 12.3 Å². The zero-order chi connectivity index (χ0) is 18.7. The lowest BCUT2D eigenvalue weighted by molar-refractivity contribution is 0.0740. The number of aromatic nitrogens is 2. The van der Waals surface area contributed by atoms with Gasteiger partial charge in [-0.2, -0.15) is 0 Å². The van der Waals surface area contributed by atoms with Gasteiger partial charge >= 0.3 is 0 Å². The third-order valence-electron chi connectivity index (χ3n) is 4.41. The molecule has 0 saturated carbocycles. The number of piperazine rings is 1. The summed E-state index contributed by atoms with van der Waals surface area (Å²) in [6.07, 6.45) is 1.66. The molecular weight excluding hydrogens is 348 g/mol. The topological polar surface area (TPSA) is 58.6 Å². The van der Waals surface area contributed by atoms with Crippen molar-refractivity contribution in [3.63, 3.8) is 0 Å². The number of amides is 1. The highest BCUT2D eigenvalue weighted by Crippen LogP contribution is 2.26. The van der Waals surface area contributed by atoms with Crippen molar-refractivity contribution in [2.75, 3.05) is 37.7 Å². The van der Waals surface area contributed by atoms with Gasteiger partial charge in [0.2, 0.25) is 5.88 Å². The van der Waals surface area contributed by atoms with E-state index in [4.69, 9.17) is 4.74 Å². The first-order chi connectivity index (χ1) is 12.5. The molecular formula is C19H26N4O2S. The van der Waals surface area contributed by atoms with Gasteiger partial charge in [-0.15, -0.1) is 11.3 Å². The van der Waals surface area contributed by atoms with Crippen LogP contribution in [-0.4, -0.2) is 53.6 Å². The highest BCUT2D eigenvalue weighted by atomic mass is 32.1. The van der Waals surface area contributed by atoms with E-state index in [-0.39, 0.29) is 5.91 Å². The minimum Gasteiger partial charge on any atom is -0.477 e. The Kier molecular flexibility index (Phi) is 5.76. The monoisotopic (exact) mass is 374 g/mol. The molecule has 3 heterocycles. The van der Waals surface area contributed by atoms with Crippen LogP contribution in [0.3, 0.4) is 0 Å². The summed E-state index contributed by atoms with van der Waals surface area (Å²) in [5.74, 6) is 0.802. The third kappa shape index (κ3) is 4.15. The van der Waals surface area contributed by atoms with Crippen molar-refractivity contribution in [3.8, 4) is 5.88 Å². The largest absolute Gasteiger partial charge is 0.477 e. The summed E-state index contributed by atoms with van der Waals surface area (Å²) in [6.45, 7) is 11.8. The molecule has 2 aromatic heterocycles. The van der Waals surface area contributed by atoms with Crippen LogP contribution in [0, 0.1) is 19.8 Å². The number of carbonyl (C=O) groups excluding carboxylic acids is 1. The molecule has 0 spiro atoms. The standard InChI is InChI=1S/C19H26N4O2S/c1-13(2)12-25-17-16(6-5-7-20-17)18(24)22-8-10-23(11-9-22)19-21-14(3)15(4)26-19/h5-7,13H,8-12H2,1-4H3. The maximum atomic E-state index is 12.9. The van der Waals surface area contributed by atoms with Crippen molar-refractivity contribution < 1.29 is 9.53 Å². The number of anilines is 1. The van der Waals surface area contributed by atoms with Crippen LogP contribution in [-0.2, 0) is 0 Å². The van der Waals surface area contributed by atoms with Gasteiger partial charge in [0.25, 0.3) is 5.91 Å². The molecule has 0 unspecified atom stereocenters. The fourth-order valence-corrected chi connectivity index (χ4v) is 3.74. The Morgan fingerprint density at radius 1 is 1.27 bits per heavy atom. The molecule has 7 heteroatoms. The number of ether oxygens (including phenoxy) is 1. The molecule has 1 fully saturated rings. The second-order valence-corrected chi connectivity index (χ2v) is 8.16. The van der Waals surface area contributed by atoms with E-state index in [0.717, 1.165) is 23.9 Å². The van der Waals surface area contributed by atoms with Gasteiger partial charge in [-0.25, -0.2) is 9.97 Å². The van der Waals surface area contributed by atoms with Crippen molar-refractivity contribution in [2.45, 2.75) is 27.7 Å². The SMILES string of the molecule is Cc1nc(N2CCN(C(=O)c3cccnc3OCC(C)C)CC2)sc1C. The molecule has 1 aliphatic heterocycles. The van der Waals surface area contributed by atoms with Crippen molar-refractivity contribution in [1.29, 1.82) is 0 Å². The summed E-state index contributed by atoms with van der Waals surface area (Å²) in [5, 5.41) is 1.05. The molecule has 3 rings (SSSR count). The minimum absolute atomic E-state index is 0.0111. The highest BCUT2D eigenvalue weighted by molar-refractivity contribution is 7.15. The minimum atomic E-state index is -0.0111. The van der Waals surface area contributed by atoms with Crippen molar-refractivity contribution in [3.05, 3.63) is 34.5 Å². The lowest BCUT2D eigenvalue weighted by Crippen LogP contribution is -2.48. The zero-order valence-corrected chi connectivity index (χ0v) is 16.7. The number of thiazole rings is 1. The Labute approximate surface area is 158 Å². The summed E-state index contributed by atoms with van der Waals surface area (Å²) < 4.78 is 5.74. The quantitative estimate of drug-likeness (QED) is 0.805. The van der Waals surface area contributed by atoms with Crippen molar-refractivity contribution in [2.24, 2.45) is 5.92 Å². The van der Waals surface area contributed by atoms with Gasteiger partial charge in [0.15, 0.2) is 5.13 Å². The zero-order valence-electron chi connectivity index (χ0n) is 15.9. The first-order valence-electron chi connectivity index (χ1n) is 9.01. The Balaban J connectivity index is 1.65. The normalized spacial score (nSPS) is 14.8. The Hall–Kier alpha value is -2.15. The van der Waals surface area contributed by atoms with Crippen molar-refractivity contribution >= 4 is 22.4 Å². The molecule has 0 radical (unpaired) electrons. The fourth-order valence-electron chi connectivity index (χ4n) is 2.78. The van der Waals surface area contributed by atoms with Gasteiger partial charge in [-0.3, -0.25) is 4.79 Å². The summed E-state index contributed by atoms with van der Waals surface area (Å²) in [7, 11) is 0. The molecule has 2 aromatic rings. The average molecular weight is 375 g/mol. The van der Waals surface area contributed by atoms with Gasteiger partial charge in [-0.1, -0.05) is 13.8 Å². The molecule has 0 bridgehead atoms. The number of hydrogen-bond donors (Lipinski definition) is 0. The number of carbonyl (C=O) groups is 1. The maximum Gasteiger partial charge on any atom is 0.259 e. The van der Waals surface area contributed by atoms with E-state index in [2.05, 4.69) is 35.6 Å². The summed E-state index contributed by atoms with van der Waals surface area (Å²) in [4.78, 5) is 27.2. The maximum absolute atomic E-state index is 12.9. The van der Waals surface area contributed by atoms with Crippen molar-refractivity contribution in [1.82, 2.24) is 14.9 Å². The molecule has 1 amide bonds. The van der Waals surface area contributed by atoms with Crippen LogP contribution >= 0.6 is 11.3 Å². The second kappa shape index (κ2) is 8.03. The first-order valence-corrected chi connectivity index (χ1v) is 9.83. The smallest absolute Gasteiger partial charge is 0.259 e. The molecule has 26 heavy (non-hydrogen) atoms. The van der Waals surface area contributed by atoms with E-state index in [1.54, 1.807) is 29.7 Å². The van der Waals surface area contributed by atoms with Crippen LogP contribution in [0.5, 0.6) is 5.88 Å². The number of rotatable bonds is 5. The number of aryl methyl sites for hydroxylation is 2. The van der Waals surface area contributed by atoms with Crippen LogP contribution in [0.2, 0.25) is 0 Å². The van der Waals surface area contributed by atoms with Crippen LogP contribution in [0.15, 0.2) is 18.3 Å². The summed E-state index contributed by atoms with van der Waals surface area (Å²) in [6, 6.07) is 3.58. The van der Waals surface area contributed by atoms with Crippen LogP contribution in [0.25, 0.3) is 0 Å². The third-order valence-corrected chi connectivity index (χ3v) is 5.54. The number of nitrogens with zero attached hydrogens (tertiary/aromatic N) is 4. The summed E-state index contributed by atoms with van der Waals surface area (Å²) in [5.41, 5.74) is 1.63. The van der Waals surface area contributed by atoms with E-state index in [9.17, 15) is 4.79 Å². The Morgan fingerprint density at radius 2 is 2.00 bits per heavy atom. The van der Waals surface area contributed by atoms with E-state index in [1.807, 2.05) is 11.8 Å². The molecule has 0 N–H and O–H groups in total. The van der Waals surface area contributed by atoms with Gasteiger partial charge in [0, 0.05) is 37.3 Å². The first kappa shape index (κ1) is 18.6. The number of hydrogen-bond acceptors (Lipinski definition) is 6. The average Bonchev–Trinajstić information content (AvgIpc) is 2.98. The van der Waals surface area contributed by atoms with Crippen LogP contribution in [0.4, 0.5) is 5.13 Å². The Bertz CT molecular complexity index is 747. The second-order valence-electron chi connectivity index (χ2n) is 6.98. The van der Waals surface area contributed by atoms with E-state index in [0.29, 0.717) is 37.1 Å². The van der Waals surface area contributed by atoms with Gasteiger partial charge < -0.3 is 14.5 Å². The summed E-state index contributed by atoms with van der Waals surface area (Å²) >= 11 is 1.72. The molecule has 6 nitrogen and oxygen atoms in total. The Morgan fingerprint density at radius 3 is 2.62 bits per heavy atom. The van der Waals surface area contributed by atoms with Crippen LogP contribution in [0.1, 0.15) is 34.8 Å². The molecule has 1 saturated heterocycles. The van der Waals surface area contributed by atoms with E-state index < -0.39 is 0 Å². The molecule has 140 valence electrons. The van der Waals surface area contributed by atoms with Gasteiger partial charge in [-0.05, 0) is 31.9 Å². The van der Waals surface area contributed by atoms with Crippen LogP contribution < -0.4 is 9.64 Å². The predicted molar refractivity (Wildman–Crippen MR) is 104 cm³/mol. The van der Waals surface area contributed by atoms with Gasteiger partial charge in [0.1, 0.15) is 5.56 Å². The number of pyridine rings is 1. The lowest BCUT2D eigenvalue weighted by Gasteiger charge is -2.34. The fraction of sp³-hybridized carbons (Fsp3) is 0.526. The molecule has 0 aromatic carbocycles.